The minimum absolute atomic E-state index is 0.0886. The lowest BCUT2D eigenvalue weighted by molar-refractivity contribution is -0.158. The number of aliphatic carboxylic acids is 1. The van der Waals surface area contributed by atoms with E-state index in [1.807, 2.05) is 6.92 Å². The number of carbonyl (C=O) groups is 2. The van der Waals surface area contributed by atoms with Crippen molar-refractivity contribution in [3.8, 4) is 22.5 Å². The molecule has 0 bridgehead atoms. The highest BCUT2D eigenvalue weighted by Crippen LogP contribution is 2.34. The maximum atomic E-state index is 11.1. The van der Waals surface area contributed by atoms with E-state index in [1.54, 1.807) is 0 Å². The lowest BCUT2D eigenvalue weighted by Crippen LogP contribution is -2.19. The second kappa shape index (κ2) is 7.70. The highest BCUT2D eigenvalue weighted by atomic mass is 32.1. The van der Waals surface area contributed by atoms with Gasteiger partial charge in [-0.25, -0.2) is 9.59 Å². The zero-order valence-corrected chi connectivity index (χ0v) is 13.2. The molecule has 0 aliphatic rings. The van der Waals surface area contributed by atoms with Crippen molar-refractivity contribution in [1.29, 1.82) is 0 Å². The van der Waals surface area contributed by atoms with Crippen molar-refractivity contribution >= 4 is 23.3 Å². The molecule has 0 unspecified atom stereocenters. The van der Waals surface area contributed by atoms with Gasteiger partial charge in [0.15, 0.2) is 5.76 Å². The number of carboxylic acids is 1. The molecule has 0 saturated heterocycles. The molecule has 2 aromatic heterocycles. The van der Waals surface area contributed by atoms with Gasteiger partial charge in [-0.2, -0.15) is 4.98 Å². The second-order valence-electron chi connectivity index (χ2n) is 4.13. The van der Waals surface area contributed by atoms with Crippen LogP contribution in [0, 0.1) is 0 Å². The number of hydrogen-bond acceptors (Lipinski definition) is 9. The zero-order valence-electron chi connectivity index (χ0n) is 12.4. The van der Waals surface area contributed by atoms with E-state index >= 15 is 0 Å². The largest absolute Gasteiger partial charge is 0.479 e. The molecule has 0 atom stereocenters. The van der Waals surface area contributed by atoms with Crippen molar-refractivity contribution in [2.45, 2.75) is 13.3 Å². The topological polar surface area (TPSA) is 121 Å². The fourth-order valence-corrected chi connectivity index (χ4v) is 2.53. The van der Waals surface area contributed by atoms with Crippen LogP contribution in [0.3, 0.4) is 0 Å². The molecule has 0 radical (unpaired) electrons. The van der Waals surface area contributed by atoms with Crippen LogP contribution in [0.1, 0.15) is 11.8 Å². The Balaban J connectivity index is 2.27. The summed E-state index contributed by atoms with van der Waals surface area (Å²) in [4.78, 5) is 26.5. The van der Waals surface area contributed by atoms with Crippen molar-refractivity contribution in [2.24, 2.45) is 0 Å². The molecule has 2 heterocycles. The fraction of sp³-hybridized carbons (Fsp3) is 0.385. The third-order valence-corrected chi connectivity index (χ3v) is 3.63. The zero-order chi connectivity index (χ0) is 16.8. The van der Waals surface area contributed by atoms with E-state index in [4.69, 9.17) is 23.8 Å². The van der Waals surface area contributed by atoms with E-state index in [0.717, 1.165) is 11.3 Å². The highest BCUT2D eigenvalue weighted by molar-refractivity contribution is 7.14. The van der Waals surface area contributed by atoms with E-state index in [-0.39, 0.29) is 11.1 Å². The molecule has 0 aliphatic heterocycles. The summed E-state index contributed by atoms with van der Waals surface area (Å²) in [7, 11) is 1.44. The first-order valence-corrected chi connectivity index (χ1v) is 7.40. The van der Waals surface area contributed by atoms with Crippen molar-refractivity contribution in [3.05, 3.63) is 10.9 Å². The smallest absolute Gasteiger partial charge is 0.424 e. The number of nitrogens with zero attached hydrogens (tertiary/aromatic N) is 2. The Morgan fingerprint density at radius 2 is 2.22 bits per heavy atom. The molecule has 0 aromatic carbocycles. The van der Waals surface area contributed by atoms with Crippen LogP contribution in [-0.2, 0) is 20.7 Å². The van der Waals surface area contributed by atoms with Crippen LogP contribution >= 0.6 is 11.3 Å². The molecule has 2 aromatic rings. The molecule has 0 aliphatic carbocycles. The Labute approximate surface area is 134 Å². The monoisotopic (exact) mass is 342 g/mol. The molecule has 1 N–H and O–H groups in total. The number of esters is 1. The summed E-state index contributed by atoms with van der Waals surface area (Å²) >= 11 is 1.04. The first-order valence-electron chi connectivity index (χ1n) is 6.58. The molecule has 2 rings (SSSR count). The third kappa shape index (κ3) is 4.27. The van der Waals surface area contributed by atoms with Crippen LogP contribution < -0.4 is 9.47 Å². The lowest BCUT2D eigenvalue weighted by Gasteiger charge is -1.99. The van der Waals surface area contributed by atoms with Gasteiger partial charge >= 0.3 is 11.9 Å². The summed E-state index contributed by atoms with van der Waals surface area (Å²) < 4.78 is 20.0. The summed E-state index contributed by atoms with van der Waals surface area (Å²) in [5, 5.41) is 12.2. The molecule has 124 valence electrons. The molecule has 0 spiro atoms. The number of carbonyl (C=O) groups excluding carboxylic acids is 1. The van der Waals surface area contributed by atoms with Crippen LogP contribution in [0.25, 0.3) is 11.5 Å². The van der Waals surface area contributed by atoms with Gasteiger partial charge in [-0.15, -0.1) is 0 Å². The lowest BCUT2D eigenvalue weighted by atomic mass is 10.2. The molecule has 10 heteroatoms. The number of hydrogen-bond donors (Lipinski definition) is 1. The number of rotatable bonds is 7. The van der Waals surface area contributed by atoms with Crippen LogP contribution in [0.15, 0.2) is 10.6 Å². The van der Waals surface area contributed by atoms with Gasteiger partial charge in [0, 0.05) is 17.9 Å². The van der Waals surface area contributed by atoms with Crippen LogP contribution in [-0.4, -0.2) is 47.5 Å². The maximum absolute atomic E-state index is 11.1. The maximum Gasteiger partial charge on any atom is 0.424 e. The average molecular weight is 342 g/mol. The van der Waals surface area contributed by atoms with Crippen molar-refractivity contribution in [1.82, 2.24) is 10.1 Å². The number of aromatic nitrogens is 2. The predicted molar refractivity (Wildman–Crippen MR) is 77.6 cm³/mol. The van der Waals surface area contributed by atoms with E-state index in [1.165, 1.54) is 13.2 Å². The van der Waals surface area contributed by atoms with E-state index < -0.39 is 11.9 Å². The number of methoxy groups -OCH3 is 1. The normalized spacial score (nSPS) is 10.5. The molecule has 9 nitrogen and oxygen atoms in total. The Morgan fingerprint density at radius 3 is 2.83 bits per heavy atom. The predicted octanol–water partition coefficient (Wildman–Crippen LogP) is 1.38. The Kier molecular flexibility index (Phi) is 5.66. The van der Waals surface area contributed by atoms with Gasteiger partial charge in [0.05, 0.1) is 19.8 Å². The first-order chi connectivity index (χ1) is 11.0. The standard InChI is InChI=1S/C13H14N2O7S/c1-3-20-5-4-8-10(7-6-9(19-2)15-22-7)14-13(23-8)21-12(18)11(16)17/h6H,3-5H2,1-2H3,(H,16,17). The van der Waals surface area contributed by atoms with Crippen LogP contribution in [0.4, 0.5) is 0 Å². The van der Waals surface area contributed by atoms with Gasteiger partial charge < -0.3 is 23.8 Å². The minimum Gasteiger partial charge on any atom is -0.479 e. The van der Waals surface area contributed by atoms with Gasteiger partial charge in [0.25, 0.3) is 11.1 Å². The van der Waals surface area contributed by atoms with Crippen molar-refractivity contribution in [2.75, 3.05) is 20.3 Å². The SMILES string of the molecule is CCOCCc1sc(OC(=O)C(=O)O)nc1-c1cc(OC)no1. The molecule has 0 amide bonds. The Bertz CT molecular complexity index is 694. The van der Waals surface area contributed by atoms with Gasteiger partial charge in [0.2, 0.25) is 0 Å². The summed E-state index contributed by atoms with van der Waals surface area (Å²) in [6.45, 7) is 2.86. The van der Waals surface area contributed by atoms with Crippen molar-refractivity contribution in [3.63, 3.8) is 0 Å². The second-order valence-corrected chi connectivity index (χ2v) is 5.17. The van der Waals surface area contributed by atoms with Crippen LogP contribution in [0.2, 0.25) is 0 Å². The first kappa shape index (κ1) is 16.9. The van der Waals surface area contributed by atoms with Gasteiger partial charge in [-0.3, -0.25) is 0 Å². The molecule has 23 heavy (non-hydrogen) atoms. The Hall–Kier alpha value is -2.46. The molecular weight excluding hydrogens is 328 g/mol. The average Bonchev–Trinajstić information content (AvgIpc) is 3.14. The summed E-state index contributed by atoms with van der Waals surface area (Å²) in [5.41, 5.74) is 0.402. The van der Waals surface area contributed by atoms with Crippen LogP contribution in [0.5, 0.6) is 11.1 Å². The molecule has 0 fully saturated rings. The molecular formula is C13H14N2O7S. The Morgan fingerprint density at radius 1 is 1.43 bits per heavy atom. The number of thiazole rings is 1. The summed E-state index contributed by atoms with van der Waals surface area (Å²) in [5.74, 6) is -2.51. The highest BCUT2D eigenvalue weighted by Gasteiger charge is 2.22. The van der Waals surface area contributed by atoms with E-state index in [0.29, 0.717) is 36.0 Å². The third-order valence-electron chi connectivity index (χ3n) is 2.64. The summed E-state index contributed by atoms with van der Waals surface area (Å²) in [6, 6.07) is 1.53. The van der Waals surface area contributed by atoms with Crippen molar-refractivity contribution < 1.29 is 33.4 Å². The quantitative estimate of drug-likeness (QED) is 0.451. The fourth-order valence-electron chi connectivity index (χ4n) is 1.63. The van der Waals surface area contributed by atoms with Gasteiger partial charge in [-0.1, -0.05) is 11.3 Å². The molecule has 0 saturated carbocycles. The van der Waals surface area contributed by atoms with Gasteiger partial charge in [-0.05, 0) is 12.1 Å². The minimum atomic E-state index is -1.70. The van der Waals surface area contributed by atoms with E-state index in [2.05, 4.69) is 10.1 Å². The number of ether oxygens (including phenoxy) is 3. The number of carboxylic acid groups (broad SMARTS) is 1. The van der Waals surface area contributed by atoms with Gasteiger partial charge in [0.1, 0.15) is 5.69 Å². The van der Waals surface area contributed by atoms with E-state index in [9.17, 15) is 9.59 Å². The summed E-state index contributed by atoms with van der Waals surface area (Å²) in [6.07, 6.45) is 0.495.